The zero-order valence-corrected chi connectivity index (χ0v) is 16.4. The lowest BCUT2D eigenvalue weighted by molar-refractivity contribution is 0.381. The Bertz CT molecular complexity index is 1370. The van der Waals surface area contributed by atoms with Crippen molar-refractivity contribution in [3.63, 3.8) is 0 Å². The van der Waals surface area contributed by atoms with Gasteiger partial charge in [0.25, 0.3) is 0 Å². The van der Waals surface area contributed by atoms with Crippen molar-refractivity contribution in [2.24, 2.45) is 0 Å². The predicted molar refractivity (Wildman–Crippen MR) is 112 cm³/mol. The third kappa shape index (κ3) is 5.51. The van der Waals surface area contributed by atoms with Gasteiger partial charge in [-0.1, -0.05) is 24.3 Å². The molecule has 0 fully saturated rings. The van der Waals surface area contributed by atoms with Crippen LogP contribution in [0.2, 0.25) is 0 Å². The van der Waals surface area contributed by atoms with Crippen LogP contribution in [0.15, 0.2) is 48.5 Å². The zero-order chi connectivity index (χ0) is 22.8. The lowest BCUT2D eigenvalue weighted by Crippen LogP contribution is -2.05. The summed E-state index contributed by atoms with van der Waals surface area (Å²) in [5, 5.41) is 19.7. The molecule has 0 aliphatic rings. The molecule has 13 heteroatoms. The Morgan fingerprint density at radius 1 is 0.742 bits per heavy atom. The van der Waals surface area contributed by atoms with Crippen LogP contribution in [0.4, 0.5) is 11.8 Å². The van der Waals surface area contributed by atoms with E-state index in [0.717, 1.165) is 0 Å². The van der Waals surface area contributed by atoms with Gasteiger partial charge in [-0.15, -0.1) is 0 Å². The molecular weight excluding hydrogens is 428 g/mol. The molecule has 2 aromatic heterocycles. The van der Waals surface area contributed by atoms with E-state index in [-0.39, 0.29) is 28.9 Å². The Balaban J connectivity index is 0.000000491. The van der Waals surface area contributed by atoms with E-state index in [1.54, 1.807) is 48.5 Å². The summed E-state index contributed by atoms with van der Waals surface area (Å²) in [5.41, 5.74) is 14.3. The van der Waals surface area contributed by atoms with Gasteiger partial charge in [0.05, 0.1) is 11.4 Å². The van der Waals surface area contributed by atoms with E-state index in [9.17, 15) is 10.2 Å². The van der Waals surface area contributed by atoms with Gasteiger partial charge in [-0.25, -0.2) is 9.97 Å². The Hall–Kier alpha value is -4.07. The fourth-order valence-corrected chi connectivity index (χ4v) is 2.70. The van der Waals surface area contributed by atoms with Crippen LogP contribution in [-0.4, -0.2) is 47.7 Å². The van der Waals surface area contributed by atoms with Gasteiger partial charge in [-0.2, -0.15) is 18.4 Å². The number of benzene rings is 2. The van der Waals surface area contributed by atoms with Crippen LogP contribution in [0, 0.1) is 0 Å². The Kier molecular flexibility index (Phi) is 5.83. The van der Waals surface area contributed by atoms with Crippen LogP contribution >= 0.6 is 0 Å². The van der Waals surface area contributed by atoms with Crippen molar-refractivity contribution >= 4 is 33.3 Å². The third-order valence-corrected chi connectivity index (χ3v) is 3.81. The standard InChI is InChI=1S/C18H14N6O2.H2O4S/c19-16-15-17(24-18(20)23-16)22-14(10-4-2-6-12(26)8-10)13(21-15)9-3-1-5-11(25)7-9;1-5(2,3)4/h1-8,25-26H,(H4,19,20,22,23,24);(H2,1,2,3,4). The number of rotatable bonds is 2. The molecular formula is C18H16N6O6S. The lowest BCUT2D eigenvalue weighted by atomic mass is 10.0. The number of aromatic nitrogens is 4. The molecule has 160 valence electrons. The molecule has 12 nitrogen and oxygen atoms in total. The van der Waals surface area contributed by atoms with Crippen molar-refractivity contribution in [3.05, 3.63) is 48.5 Å². The highest BCUT2D eigenvalue weighted by molar-refractivity contribution is 7.79. The maximum Gasteiger partial charge on any atom is 0.394 e. The largest absolute Gasteiger partial charge is 0.508 e. The maximum absolute atomic E-state index is 9.83. The van der Waals surface area contributed by atoms with Gasteiger partial charge in [0, 0.05) is 11.1 Å². The Morgan fingerprint density at radius 2 is 1.23 bits per heavy atom. The predicted octanol–water partition coefficient (Wildman–Crippen LogP) is 1.68. The average molecular weight is 444 g/mol. The molecule has 0 amide bonds. The minimum Gasteiger partial charge on any atom is -0.508 e. The Labute approximate surface area is 175 Å². The van der Waals surface area contributed by atoms with E-state index in [2.05, 4.69) is 19.9 Å². The first-order valence-electron chi connectivity index (χ1n) is 8.40. The van der Waals surface area contributed by atoms with Crippen LogP contribution in [0.5, 0.6) is 11.5 Å². The number of hydrogen-bond donors (Lipinski definition) is 6. The van der Waals surface area contributed by atoms with E-state index in [0.29, 0.717) is 28.0 Å². The smallest absolute Gasteiger partial charge is 0.394 e. The van der Waals surface area contributed by atoms with Crippen molar-refractivity contribution < 1.29 is 27.7 Å². The molecule has 0 saturated carbocycles. The number of nitrogens with zero attached hydrogens (tertiary/aromatic N) is 4. The van der Waals surface area contributed by atoms with Gasteiger partial charge in [0.1, 0.15) is 11.5 Å². The van der Waals surface area contributed by atoms with Crippen LogP contribution in [-0.2, 0) is 10.4 Å². The van der Waals surface area contributed by atoms with Crippen molar-refractivity contribution in [1.29, 1.82) is 0 Å². The Morgan fingerprint density at radius 3 is 1.71 bits per heavy atom. The topological polar surface area (TPSA) is 219 Å². The summed E-state index contributed by atoms with van der Waals surface area (Å²) < 4.78 is 31.6. The fraction of sp³-hybridized carbons (Fsp3) is 0. The summed E-state index contributed by atoms with van der Waals surface area (Å²) in [6, 6.07) is 13.2. The first-order valence-corrected chi connectivity index (χ1v) is 9.80. The number of nitrogen functional groups attached to an aromatic ring is 2. The fourth-order valence-electron chi connectivity index (χ4n) is 2.70. The van der Waals surface area contributed by atoms with Crippen LogP contribution in [0.3, 0.4) is 0 Å². The van der Waals surface area contributed by atoms with Crippen molar-refractivity contribution in [3.8, 4) is 34.0 Å². The summed E-state index contributed by atoms with van der Waals surface area (Å²) in [7, 11) is -4.67. The molecule has 0 spiro atoms. The normalized spacial score (nSPS) is 11.0. The zero-order valence-electron chi connectivity index (χ0n) is 15.6. The first-order chi connectivity index (χ1) is 14.5. The summed E-state index contributed by atoms with van der Waals surface area (Å²) in [6.45, 7) is 0. The molecule has 4 rings (SSSR count). The quantitative estimate of drug-likeness (QED) is 0.243. The van der Waals surface area contributed by atoms with Gasteiger partial charge in [-0.05, 0) is 24.3 Å². The number of nitrogens with two attached hydrogens (primary N) is 2. The highest BCUT2D eigenvalue weighted by Gasteiger charge is 2.17. The number of phenols is 2. The second-order valence-electron chi connectivity index (χ2n) is 6.11. The molecule has 0 atom stereocenters. The minimum atomic E-state index is -4.67. The highest BCUT2D eigenvalue weighted by atomic mass is 32.3. The molecule has 4 aromatic rings. The summed E-state index contributed by atoms with van der Waals surface area (Å²) >= 11 is 0. The van der Waals surface area contributed by atoms with Crippen molar-refractivity contribution in [1.82, 2.24) is 19.9 Å². The van der Waals surface area contributed by atoms with Crippen LogP contribution in [0.25, 0.3) is 33.7 Å². The van der Waals surface area contributed by atoms with E-state index in [4.69, 9.17) is 29.0 Å². The molecule has 2 aromatic carbocycles. The SMILES string of the molecule is Nc1nc(N)c2nc(-c3cccc(O)c3)c(-c3cccc(O)c3)nc2n1.O=S(=O)(O)O. The number of fused-ring (bicyclic) bond motifs is 1. The van der Waals surface area contributed by atoms with Crippen molar-refractivity contribution in [2.75, 3.05) is 11.5 Å². The number of phenolic OH excluding ortho intramolecular Hbond substituents is 2. The molecule has 2 heterocycles. The van der Waals surface area contributed by atoms with E-state index in [1.165, 1.54) is 0 Å². The maximum atomic E-state index is 9.83. The van der Waals surface area contributed by atoms with Gasteiger partial charge in [0.2, 0.25) is 5.95 Å². The van der Waals surface area contributed by atoms with Gasteiger partial charge in [-0.3, -0.25) is 9.11 Å². The molecule has 0 bridgehead atoms. The highest BCUT2D eigenvalue weighted by Crippen LogP contribution is 2.34. The number of hydrogen-bond acceptors (Lipinski definition) is 10. The molecule has 0 radical (unpaired) electrons. The van der Waals surface area contributed by atoms with Crippen LogP contribution in [0.1, 0.15) is 0 Å². The van der Waals surface area contributed by atoms with Gasteiger partial charge >= 0.3 is 10.4 Å². The molecule has 8 N–H and O–H groups in total. The third-order valence-electron chi connectivity index (χ3n) is 3.81. The minimum absolute atomic E-state index is 0.00346. The average Bonchev–Trinajstić information content (AvgIpc) is 2.66. The lowest BCUT2D eigenvalue weighted by Gasteiger charge is -2.11. The monoisotopic (exact) mass is 444 g/mol. The number of aromatic hydroxyl groups is 2. The second kappa shape index (κ2) is 8.35. The molecule has 0 aliphatic carbocycles. The molecule has 0 aliphatic heterocycles. The number of anilines is 2. The van der Waals surface area contributed by atoms with E-state index in [1.807, 2.05) is 0 Å². The van der Waals surface area contributed by atoms with Crippen LogP contribution < -0.4 is 11.5 Å². The van der Waals surface area contributed by atoms with Crippen molar-refractivity contribution in [2.45, 2.75) is 0 Å². The first kappa shape index (κ1) is 21.6. The molecule has 0 saturated heterocycles. The summed E-state index contributed by atoms with van der Waals surface area (Å²) in [5.74, 6) is 0.292. The van der Waals surface area contributed by atoms with E-state index < -0.39 is 10.4 Å². The van der Waals surface area contributed by atoms with E-state index >= 15 is 0 Å². The summed E-state index contributed by atoms with van der Waals surface area (Å²) in [6.07, 6.45) is 0. The molecule has 0 unspecified atom stereocenters. The second-order valence-corrected chi connectivity index (χ2v) is 7.00. The van der Waals surface area contributed by atoms with Gasteiger partial charge < -0.3 is 21.7 Å². The molecule has 31 heavy (non-hydrogen) atoms. The summed E-state index contributed by atoms with van der Waals surface area (Å²) in [4.78, 5) is 17.1. The van der Waals surface area contributed by atoms with Gasteiger partial charge in [0.15, 0.2) is 17.0 Å².